The molecule has 1 heterocycles. The minimum atomic E-state index is -0.184. The van der Waals surface area contributed by atoms with Gasteiger partial charge in [-0.2, -0.15) is 0 Å². The van der Waals surface area contributed by atoms with E-state index in [0.29, 0.717) is 6.42 Å². The van der Waals surface area contributed by atoms with Gasteiger partial charge >= 0.3 is 0 Å². The van der Waals surface area contributed by atoms with Crippen molar-refractivity contribution >= 4 is 22.8 Å². The maximum absolute atomic E-state index is 12.0. The first kappa shape index (κ1) is 19.3. The molecule has 4 heteroatoms. The summed E-state index contributed by atoms with van der Waals surface area (Å²) in [6.45, 7) is 8.25. The Balaban J connectivity index is 2.46. The van der Waals surface area contributed by atoms with Gasteiger partial charge in [0.1, 0.15) is 0 Å². The fourth-order valence-electron chi connectivity index (χ4n) is 2.85. The second-order valence-electron chi connectivity index (χ2n) is 6.74. The van der Waals surface area contributed by atoms with Crippen molar-refractivity contribution in [1.82, 2.24) is 5.32 Å². The molecule has 0 aromatic heterocycles. The first-order chi connectivity index (χ1) is 10.4. The molecule has 0 saturated carbocycles. The van der Waals surface area contributed by atoms with Crippen molar-refractivity contribution in [2.24, 2.45) is 0 Å². The molecule has 1 atom stereocenters. The van der Waals surface area contributed by atoms with Crippen molar-refractivity contribution in [2.45, 2.75) is 89.9 Å². The van der Waals surface area contributed by atoms with Gasteiger partial charge in [0.25, 0.3) is 0 Å². The number of rotatable bonds is 10. The predicted molar refractivity (Wildman–Crippen MR) is 95.0 cm³/mol. The monoisotopic (exact) mass is 325 g/mol. The van der Waals surface area contributed by atoms with Crippen LogP contribution in [0.2, 0.25) is 0 Å². The van der Waals surface area contributed by atoms with Crippen LogP contribution in [-0.2, 0) is 9.59 Å². The van der Waals surface area contributed by atoms with Crippen LogP contribution in [0.4, 0.5) is 0 Å². The van der Waals surface area contributed by atoms with Crippen LogP contribution < -0.4 is 5.32 Å². The van der Waals surface area contributed by atoms with Gasteiger partial charge in [-0.05, 0) is 38.8 Å². The summed E-state index contributed by atoms with van der Waals surface area (Å²) < 4.78 is -0.184. The Bertz CT molecular complexity index is 417. The summed E-state index contributed by atoms with van der Waals surface area (Å²) in [6.07, 6.45) is 10.5. The summed E-state index contributed by atoms with van der Waals surface area (Å²) in [7, 11) is 0. The number of hydrogen-bond donors (Lipinski definition) is 1. The molecule has 0 radical (unpaired) electrons. The lowest BCUT2D eigenvalue weighted by Gasteiger charge is -2.26. The first-order valence-electron chi connectivity index (χ1n) is 8.60. The third-order valence-electron chi connectivity index (χ3n) is 4.11. The molecule has 0 aliphatic carbocycles. The Kier molecular flexibility index (Phi) is 8.23. The van der Waals surface area contributed by atoms with Crippen LogP contribution >= 0.6 is 11.8 Å². The number of amides is 1. The van der Waals surface area contributed by atoms with Crippen molar-refractivity contribution in [1.29, 1.82) is 0 Å². The average molecular weight is 326 g/mol. The second kappa shape index (κ2) is 9.39. The maximum atomic E-state index is 12.0. The minimum absolute atomic E-state index is 0.0192. The third kappa shape index (κ3) is 6.55. The number of carbonyl (C=O) groups is 2. The Morgan fingerprint density at radius 2 is 1.86 bits per heavy atom. The van der Waals surface area contributed by atoms with Gasteiger partial charge in [0.2, 0.25) is 11.0 Å². The highest BCUT2D eigenvalue weighted by molar-refractivity contribution is 8.15. The zero-order chi connectivity index (χ0) is 16.6. The van der Waals surface area contributed by atoms with E-state index in [2.05, 4.69) is 19.2 Å². The van der Waals surface area contributed by atoms with Crippen LogP contribution in [0.5, 0.6) is 0 Å². The molecule has 0 aromatic carbocycles. The smallest absolute Gasteiger partial charge is 0.224 e. The van der Waals surface area contributed by atoms with Gasteiger partial charge in [0, 0.05) is 17.2 Å². The quantitative estimate of drug-likeness (QED) is 0.597. The zero-order valence-electron chi connectivity index (χ0n) is 14.5. The third-order valence-corrected chi connectivity index (χ3v) is 5.34. The van der Waals surface area contributed by atoms with Crippen LogP contribution in [0.3, 0.4) is 0 Å². The number of carbonyl (C=O) groups excluding carboxylic acids is 2. The molecule has 0 spiro atoms. The van der Waals surface area contributed by atoms with Crippen LogP contribution in [0.15, 0.2) is 11.6 Å². The van der Waals surface area contributed by atoms with Crippen LogP contribution in [0.25, 0.3) is 0 Å². The fraction of sp³-hybridized carbons (Fsp3) is 0.778. The lowest BCUT2D eigenvalue weighted by molar-refractivity contribution is -0.121. The molecule has 3 nitrogen and oxygen atoms in total. The number of unbranched alkanes of at least 4 members (excludes halogenated alkanes) is 5. The van der Waals surface area contributed by atoms with Crippen LogP contribution in [0.1, 0.15) is 79.1 Å². The van der Waals surface area contributed by atoms with E-state index in [0.717, 1.165) is 18.4 Å². The van der Waals surface area contributed by atoms with Crippen molar-refractivity contribution in [2.75, 3.05) is 0 Å². The number of nitrogens with one attached hydrogen (secondary N) is 1. The molecule has 0 saturated heterocycles. The molecular weight excluding hydrogens is 294 g/mol. The molecule has 126 valence electrons. The van der Waals surface area contributed by atoms with E-state index in [1.807, 2.05) is 13.8 Å². The van der Waals surface area contributed by atoms with Gasteiger partial charge in [-0.1, -0.05) is 57.2 Å². The van der Waals surface area contributed by atoms with Crippen LogP contribution in [0, 0.1) is 0 Å². The highest BCUT2D eigenvalue weighted by Gasteiger charge is 2.37. The molecule has 0 fully saturated rings. The number of thioether (sulfide) groups is 1. The lowest BCUT2D eigenvalue weighted by Crippen LogP contribution is -2.32. The van der Waals surface area contributed by atoms with Gasteiger partial charge in [-0.25, -0.2) is 0 Å². The molecule has 0 unspecified atom stereocenters. The van der Waals surface area contributed by atoms with Crippen molar-refractivity contribution < 1.29 is 9.59 Å². The van der Waals surface area contributed by atoms with Gasteiger partial charge in [-0.3, -0.25) is 9.59 Å². The van der Waals surface area contributed by atoms with E-state index in [1.165, 1.54) is 43.9 Å². The van der Waals surface area contributed by atoms with Crippen molar-refractivity contribution in [3.05, 3.63) is 11.6 Å². The number of hydrogen-bond acceptors (Lipinski definition) is 3. The Morgan fingerprint density at radius 1 is 1.23 bits per heavy atom. The summed E-state index contributed by atoms with van der Waals surface area (Å²) in [5.74, 6) is 0.0192. The first-order valence-corrected chi connectivity index (χ1v) is 9.42. The van der Waals surface area contributed by atoms with E-state index >= 15 is 0 Å². The molecule has 1 amide bonds. The zero-order valence-corrected chi connectivity index (χ0v) is 15.4. The van der Waals surface area contributed by atoms with E-state index in [1.54, 1.807) is 6.08 Å². The molecular formula is C18H31NO2S. The van der Waals surface area contributed by atoms with Crippen LogP contribution in [-0.4, -0.2) is 21.8 Å². The summed E-state index contributed by atoms with van der Waals surface area (Å²) in [5, 5.41) is 3.01. The highest BCUT2D eigenvalue weighted by atomic mass is 32.2. The summed E-state index contributed by atoms with van der Waals surface area (Å²) >= 11 is 1.39. The molecule has 22 heavy (non-hydrogen) atoms. The Labute approximate surface area is 139 Å². The Morgan fingerprint density at radius 3 is 2.50 bits per heavy atom. The summed E-state index contributed by atoms with van der Waals surface area (Å²) in [4.78, 5) is 23.8. The maximum Gasteiger partial charge on any atom is 0.224 e. The largest absolute Gasteiger partial charge is 0.354 e. The normalized spacial score (nSPS) is 21.3. The van der Waals surface area contributed by atoms with Crippen molar-refractivity contribution in [3.8, 4) is 0 Å². The molecule has 1 aliphatic heterocycles. The topological polar surface area (TPSA) is 46.2 Å². The Hall–Kier alpha value is -0.770. The average Bonchev–Trinajstić information content (AvgIpc) is 2.67. The molecule has 0 aromatic rings. The van der Waals surface area contributed by atoms with Gasteiger partial charge in [0.05, 0.1) is 0 Å². The van der Waals surface area contributed by atoms with Gasteiger partial charge in [-0.15, -0.1) is 0 Å². The fourth-order valence-corrected chi connectivity index (χ4v) is 4.00. The van der Waals surface area contributed by atoms with Crippen molar-refractivity contribution in [3.63, 3.8) is 0 Å². The highest BCUT2D eigenvalue weighted by Crippen LogP contribution is 2.44. The van der Waals surface area contributed by atoms with E-state index in [9.17, 15) is 9.59 Å². The van der Waals surface area contributed by atoms with Gasteiger partial charge in [0.15, 0.2) is 0 Å². The lowest BCUT2D eigenvalue weighted by atomic mass is 9.91. The van der Waals surface area contributed by atoms with E-state index in [4.69, 9.17) is 0 Å². The minimum Gasteiger partial charge on any atom is -0.354 e. The second-order valence-corrected chi connectivity index (χ2v) is 8.25. The molecule has 1 rings (SSSR count). The summed E-state index contributed by atoms with van der Waals surface area (Å²) in [6, 6.07) is 0.141. The predicted octanol–water partition coefficient (Wildman–Crippen LogP) is 4.61. The SMILES string of the molecule is CCCCCCCC[C@@]1(C)SC(=O)C=C1CC(=O)NC(C)C. The molecule has 0 bridgehead atoms. The van der Waals surface area contributed by atoms with E-state index in [-0.39, 0.29) is 21.8 Å². The van der Waals surface area contributed by atoms with E-state index < -0.39 is 0 Å². The summed E-state index contributed by atoms with van der Waals surface area (Å²) in [5.41, 5.74) is 0.995. The van der Waals surface area contributed by atoms with Gasteiger partial charge < -0.3 is 5.32 Å². The molecule has 1 aliphatic rings. The standard InChI is InChI=1S/C18H31NO2S/c1-5-6-7-8-9-10-11-18(4)15(13-17(21)22-18)12-16(20)19-14(2)3/h13-14H,5-12H2,1-4H3,(H,19,20)/t18-/m1/s1. The molecule has 1 N–H and O–H groups in total.